The molecule has 0 bridgehead atoms. The summed E-state index contributed by atoms with van der Waals surface area (Å²) in [5, 5.41) is 0.751. The summed E-state index contributed by atoms with van der Waals surface area (Å²) < 4.78 is 10.9. The second kappa shape index (κ2) is 5.25. The van der Waals surface area contributed by atoms with Crippen LogP contribution in [0.1, 0.15) is 18.1 Å². The zero-order chi connectivity index (χ0) is 12.4. The molecule has 4 heteroatoms. The first-order chi connectivity index (χ1) is 8.11. The van der Waals surface area contributed by atoms with Crippen LogP contribution in [0.5, 0.6) is 5.75 Å². The van der Waals surface area contributed by atoms with E-state index in [4.69, 9.17) is 26.8 Å². The summed E-state index contributed by atoms with van der Waals surface area (Å²) in [6.45, 7) is 2.70. The Kier molecular flexibility index (Phi) is 3.92. The largest absolute Gasteiger partial charge is 0.493 e. The predicted octanol–water partition coefficient (Wildman–Crippen LogP) is 2.18. The molecular formula is C13H18ClNO2. The van der Waals surface area contributed by atoms with Crippen LogP contribution in [0.2, 0.25) is 5.02 Å². The highest BCUT2D eigenvalue weighted by molar-refractivity contribution is 6.30. The van der Waals surface area contributed by atoms with E-state index in [1.165, 1.54) is 5.56 Å². The molecule has 2 rings (SSSR count). The van der Waals surface area contributed by atoms with E-state index in [9.17, 15) is 0 Å². The molecule has 1 heterocycles. The Morgan fingerprint density at radius 3 is 3.00 bits per heavy atom. The molecule has 1 aliphatic rings. The van der Waals surface area contributed by atoms with Crippen molar-refractivity contribution < 1.29 is 9.47 Å². The quantitative estimate of drug-likeness (QED) is 0.897. The van der Waals surface area contributed by atoms with Gasteiger partial charge in [0.05, 0.1) is 12.7 Å². The minimum Gasteiger partial charge on any atom is -0.493 e. The first-order valence-corrected chi connectivity index (χ1v) is 6.22. The van der Waals surface area contributed by atoms with Crippen molar-refractivity contribution in [1.82, 2.24) is 0 Å². The van der Waals surface area contributed by atoms with Crippen molar-refractivity contribution in [2.75, 3.05) is 13.7 Å². The average molecular weight is 256 g/mol. The molecule has 1 aromatic carbocycles. The lowest BCUT2D eigenvalue weighted by molar-refractivity contribution is 0.0954. The molecule has 3 nitrogen and oxygen atoms in total. The monoisotopic (exact) mass is 255 g/mol. The van der Waals surface area contributed by atoms with Crippen LogP contribution in [0.4, 0.5) is 0 Å². The van der Waals surface area contributed by atoms with Crippen LogP contribution in [0.3, 0.4) is 0 Å². The maximum atomic E-state index is 6.10. The summed E-state index contributed by atoms with van der Waals surface area (Å²) in [6, 6.07) is 3.86. The topological polar surface area (TPSA) is 44.5 Å². The molecule has 2 unspecified atom stereocenters. The van der Waals surface area contributed by atoms with Gasteiger partial charge in [-0.05, 0) is 36.6 Å². The van der Waals surface area contributed by atoms with Crippen LogP contribution >= 0.6 is 11.6 Å². The Balaban J connectivity index is 2.21. The summed E-state index contributed by atoms with van der Waals surface area (Å²) >= 11 is 6.10. The number of benzene rings is 1. The molecule has 0 spiro atoms. The first kappa shape index (κ1) is 12.7. The molecule has 0 radical (unpaired) electrons. The van der Waals surface area contributed by atoms with Crippen LogP contribution in [0.25, 0.3) is 0 Å². The number of fused-ring (bicyclic) bond motifs is 1. The van der Waals surface area contributed by atoms with Gasteiger partial charge in [-0.1, -0.05) is 11.6 Å². The Bertz CT molecular complexity index is 409. The van der Waals surface area contributed by atoms with Gasteiger partial charge < -0.3 is 15.2 Å². The van der Waals surface area contributed by atoms with Crippen LogP contribution in [-0.4, -0.2) is 25.9 Å². The third kappa shape index (κ3) is 2.73. The van der Waals surface area contributed by atoms with Crippen molar-refractivity contribution in [2.45, 2.75) is 31.9 Å². The van der Waals surface area contributed by atoms with Crippen molar-refractivity contribution in [3.8, 4) is 5.75 Å². The Morgan fingerprint density at radius 2 is 2.29 bits per heavy atom. The third-order valence-corrected chi connectivity index (χ3v) is 3.47. The minimum absolute atomic E-state index is 0.0195. The number of hydrogen-bond acceptors (Lipinski definition) is 3. The fraction of sp³-hybridized carbons (Fsp3) is 0.538. The molecule has 0 aliphatic carbocycles. The lowest BCUT2D eigenvalue weighted by atomic mass is 9.99. The summed E-state index contributed by atoms with van der Waals surface area (Å²) in [7, 11) is 1.67. The van der Waals surface area contributed by atoms with Crippen LogP contribution in [0, 0.1) is 0 Å². The SMILES string of the molecule is COC(C)C(N)Cc1cc(Cl)cc2c1OCC2. The Morgan fingerprint density at radius 1 is 1.53 bits per heavy atom. The molecule has 17 heavy (non-hydrogen) atoms. The molecular weight excluding hydrogens is 238 g/mol. The van der Waals surface area contributed by atoms with Gasteiger partial charge in [0.1, 0.15) is 5.75 Å². The van der Waals surface area contributed by atoms with Crippen molar-refractivity contribution in [1.29, 1.82) is 0 Å². The van der Waals surface area contributed by atoms with Crippen molar-refractivity contribution in [2.24, 2.45) is 5.73 Å². The van der Waals surface area contributed by atoms with E-state index in [0.717, 1.165) is 35.8 Å². The van der Waals surface area contributed by atoms with Gasteiger partial charge in [0.15, 0.2) is 0 Å². The molecule has 0 saturated heterocycles. The maximum absolute atomic E-state index is 6.10. The first-order valence-electron chi connectivity index (χ1n) is 5.84. The lowest BCUT2D eigenvalue weighted by Crippen LogP contribution is -2.35. The van der Waals surface area contributed by atoms with E-state index < -0.39 is 0 Å². The molecule has 0 aromatic heterocycles. The zero-order valence-electron chi connectivity index (χ0n) is 10.2. The average Bonchev–Trinajstić information content (AvgIpc) is 2.75. The fourth-order valence-electron chi connectivity index (χ4n) is 2.09. The van der Waals surface area contributed by atoms with Gasteiger partial charge >= 0.3 is 0 Å². The van der Waals surface area contributed by atoms with E-state index >= 15 is 0 Å². The van der Waals surface area contributed by atoms with Crippen molar-refractivity contribution in [3.63, 3.8) is 0 Å². The summed E-state index contributed by atoms with van der Waals surface area (Å²) in [5.74, 6) is 0.966. The van der Waals surface area contributed by atoms with Gasteiger partial charge in [-0.25, -0.2) is 0 Å². The summed E-state index contributed by atoms with van der Waals surface area (Å²) in [6.07, 6.45) is 1.67. The van der Waals surface area contributed by atoms with Gasteiger partial charge in [0.25, 0.3) is 0 Å². The maximum Gasteiger partial charge on any atom is 0.125 e. The smallest absolute Gasteiger partial charge is 0.125 e. The van der Waals surface area contributed by atoms with Crippen molar-refractivity contribution in [3.05, 3.63) is 28.3 Å². The van der Waals surface area contributed by atoms with Gasteiger partial charge in [-0.2, -0.15) is 0 Å². The van der Waals surface area contributed by atoms with E-state index in [1.54, 1.807) is 7.11 Å². The highest BCUT2D eigenvalue weighted by Gasteiger charge is 2.21. The second-order valence-corrected chi connectivity index (χ2v) is 4.90. The van der Waals surface area contributed by atoms with E-state index in [-0.39, 0.29) is 12.1 Å². The minimum atomic E-state index is -0.0493. The fourth-order valence-corrected chi connectivity index (χ4v) is 2.36. The predicted molar refractivity (Wildman–Crippen MR) is 68.8 cm³/mol. The molecule has 2 N–H and O–H groups in total. The standard InChI is InChI=1S/C13H18ClNO2/c1-8(16-2)12(15)7-10-6-11(14)5-9-3-4-17-13(9)10/h5-6,8,12H,3-4,7,15H2,1-2H3. The Labute approximate surface area is 107 Å². The molecule has 1 aliphatic heterocycles. The van der Waals surface area contributed by atoms with E-state index in [1.807, 2.05) is 19.1 Å². The van der Waals surface area contributed by atoms with Crippen molar-refractivity contribution >= 4 is 11.6 Å². The molecule has 0 saturated carbocycles. The molecule has 2 atom stereocenters. The number of ether oxygens (including phenoxy) is 2. The molecule has 94 valence electrons. The van der Waals surface area contributed by atoms with E-state index in [2.05, 4.69) is 0 Å². The van der Waals surface area contributed by atoms with Crippen LogP contribution < -0.4 is 10.5 Å². The Hall–Kier alpha value is -0.770. The number of nitrogens with two attached hydrogens (primary N) is 1. The molecule has 0 fully saturated rings. The third-order valence-electron chi connectivity index (χ3n) is 3.26. The van der Waals surface area contributed by atoms with Gasteiger partial charge in [-0.15, -0.1) is 0 Å². The number of methoxy groups -OCH3 is 1. The van der Waals surface area contributed by atoms with E-state index in [0.29, 0.717) is 0 Å². The summed E-state index contributed by atoms with van der Waals surface area (Å²) in [5.41, 5.74) is 8.35. The van der Waals surface area contributed by atoms with Crippen LogP contribution in [-0.2, 0) is 17.6 Å². The number of rotatable bonds is 4. The van der Waals surface area contributed by atoms with Gasteiger partial charge in [0, 0.05) is 24.6 Å². The second-order valence-electron chi connectivity index (χ2n) is 4.46. The number of hydrogen-bond donors (Lipinski definition) is 1. The lowest BCUT2D eigenvalue weighted by Gasteiger charge is -2.19. The van der Waals surface area contributed by atoms with Crippen LogP contribution in [0.15, 0.2) is 12.1 Å². The molecule has 0 amide bonds. The summed E-state index contributed by atoms with van der Waals surface area (Å²) in [4.78, 5) is 0. The highest BCUT2D eigenvalue weighted by Crippen LogP contribution is 2.33. The zero-order valence-corrected chi connectivity index (χ0v) is 11.0. The number of halogens is 1. The van der Waals surface area contributed by atoms with Gasteiger partial charge in [0.2, 0.25) is 0 Å². The van der Waals surface area contributed by atoms with Gasteiger partial charge in [-0.3, -0.25) is 0 Å². The normalized spacial score (nSPS) is 17.4. The molecule has 1 aromatic rings. The highest BCUT2D eigenvalue weighted by atomic mass is 35.5.